The zero-order valence-corrected chi connectivity index (χ0v) is 9.94. The Kier molecular flexibility index (Phi) is 3.80. The molecule has 0 radical (unpaired) electrons. The van der Waals surface area contributed by atoms with E-state index in [1.165, 1.54) is 0 Å². The van der Waals surface area contributed by atoms with Crippen LogP contribution in [0.25, 0.3) is 11.1 Å². The molecule has 0 spiro atoms. The Balaban J connectivity index is 2.52. The van der Waals surface area contributed by atoms with E-state index in [4.69, 9.17) is 0 Å². The Morgan fingerprint density at radius 1 is 0.810 bits per heavy atom. The normalized spacial score (nSPS) is 11.6. The number of hydrogen-bond donors (Lipinski definition) is 0. The topological polar surface area (TPSA) is 9.23 Å². The summed E-state index contributed by atoms with van der Waals surface area (Å²) < 4.78 is 92.6. The molecular weight excluding hydrogens is 305 g/mol. The van der Waals surface area contributed by atoms with Crippen LogP contribution in [0.3, 0.4) is 0 Å². The molecule has 0 heterocycles. The lowest BCUT2D eigenvalue weighted by Gasteiger charge is -2.12. The maximum Gasteiger partial charge on any atom is 0.573 e. The van der Waals surface area contributed by atoms with Gasteiger partial charge in [-0.2, -0.15) is 0 Å². The van der Waals surface area contributed by atoms with Gasteiger partial charge in [0, 0.05) is 5.56 Å². The van der Waals surface area contributed by atoms with Crippen LogP contribution < -0.4 is 4.74 Å². The molecule has 0 N–H and O–H groups in total. The van der Waals surface area contributed by atoms with Crippen molar-refractivity contribution in [2.24, 2.45) is 0 Å². The summed E-state index contributed by atoms with van der Waals surface area (Å²) in [6.45, 7) is 0. The van der Waals surface area contributed by atoms with Gasteiger partial charge in [-0.1, -0.05) is 12.1 Å². The third-order valence-corrected chi connectivity index (χ3v) is 2.48. The van der Waals surface area contributed by atoms with Gasteiger partial charge in [0.1, 0.15) is 0 Å². The van der Waals surface area contributed by atoms with Gasteiger partial charge < -0.3 is 4.74 Å². The van der Waals surface area contributed by atoms with Crippen molar-refractivity contribution in [2.45, 2.75) is 6.36 Å². The molecule has 0 amide bonds. The highest BCUT2D eigenvalue weighted by Gasteiger charge is 2.34. The number of benzene rings is 2. The first-order valence-electron chi connectivity index (χ1n) is 5.38. The van der Waals surface area contributed by atoms with E-state index in [0.29, 0.717) is 12.1 Å². The van der Waals surface area contributed by atoms with Gasteiger partial charge in [0.15, 0.2) is 23.3 Å². The van der Waals surface area contributed by atoms with E-state index in [1.807, 2.05) is 0 Å². The summed E-state index contributed by atoms with van der Waals surface area (Å²) in [6, 6.07) is 3.73. The summed E-state index contributed by atoms with van der Waals surface area (Å²) in [5.41, 5.74) is -0.956. The van der Waals surface area contributed by atoms with Crippen molar-refractivity contribution in [1.29, 1.82) is 0 Å². The number of alkyl halides is 3. The Morgan fingerprint density at radius 2 is 1.38 bits per heavy atom. The lowest BCUT2D eigenvalue weighted by atomic mass is 10.0. The van der Waals surface area contributed by atoms with Gasteiger partial charge in [0.25, 0.3) is 0 Å². The molecule has 2 rings (SSSR count). The van der Waals surface area contributed by atoms with Crippen LogP contribution in [0.15, 0.2) is 30.3 Å². The van der Waals surface area contributed by atoms with Crippen molar-refractivity contribution < 1.29 is 35.5 Å². The highest BCUT2D eigenvalue weighted by molar-refractivity contribution is 5.65. The van der Waals surface area contributed by atoms with Gasteiger partial charge in [-0.15, -0.1) is 13.2 Å². The number of hydrogen-bond acceptors (Lipinski definition) is 1. The second-order valence-electron chi connectivity index (χ2n) is 3.92. The van der Waals surface area contributed by atoms with Gasteiger partial charge in [0.2, 0.25) is 5.75 Å². The highest BCUT2D eigenvalue weighted by atomic mass is 19.4. The maximum atomic E-state index is 13.5. The molecular formula is C13H5F7O. The quantitative estimate of drug-likeness (QED) is 0.723. The zero-order valence-electron chi connectivity index (χ0n) is 9.94. The molecule has 2 aromatic carbocycles. The SMILES string of the molecule is Fc1cccc(-c2cc(F)c(OC(F)(F)F)c(F)c2)c1F. The summed E-state index contributed by atoms with van der Waals surface area (Å²) >= 11 is 0. The van der Waals surface area contributed by atoms with Crippen LogP contribution >= 0.6 is 0 Å². The molecule has 112 valence electrons. The summed E-state index contributed by atoms with van der Waals surface area (Å²) in [4.78, 5) is 0. The Morgan fingerprint density at radius 3 is 1.90 bits per heavy atom. The fourth-order valence-corrected chi connectivity index (χ4v) is 1.66. The van der Waals surface area contributed by atoms with E-state index >= 15 is 0 Å². The Labute approximate surface area is 113 Å². The predicted molar refractivity (Wildman–Crippen MR) is 58.4 cm³/mol. The van der Waals surface area contributed by atoms with Crippen molar-refractivity contribution in [1.82, 2.24) is 0 Å². The molecule has 0 aliphatic carbocycles. The van der Waals surface area contributed by atoms with Crippen LogP contribution in [0, 0.1) is 23.3 Å². The molecule has 0 unspecified atom stereocenters. The van der Waals surface area contributed by atoms with Crippen molar-refractivity contribution in [3.05, 3.63) is 53.6 Å². The minimum absolute atomic E-state index is 0.419. The molecule has 0 saturated carbocycles. The van der Waals surface area contributed by atoms with E-state index in [2.05, 4.69) is 4.74 Å². The van der Waals surface area contributed by atoms with Gasteiger partial charge in [-0.25, -0.2) is 17.6 Å². The fourth-order valence-electron chi connectivity index (χ4n) is 1.66. The summed E-state index contributed by atoms with van der Waals surface area (Å²) in [5.74, 6) is -7.68. The molecule has 1 nitrogen and oxygen atoms in total. The highest BCUT2D eigenvalue weighted by Crippen LogP contribution is 2.33. The first kappa shape index (κ1) is 15.1. The molecule has 0 saturated heterocycles. The smallest absolute Gasteiger partial charge is 0.399 e. The average Bonchev–Trinajstić information content (AvgIpc) is 2.36. The lowest BCUT2D eigenvalue weighted by molar-refractivity contribution is -0.276. The molecule has 8 heteroatoms. The molecule has 2 aromatic rings. The first-order valence-corrected chi connectivity index (χ1v) is 5.38. The number of ether oxygens (including phenoxy) is 1. The molecule has 0 atom stereocenters. The summed E-state index contributed by atoms with van der Waals surface area (Å²) in [7, 11) is 0. The molecule has 0 aliphatic heterocycles. The van der Waals surface area contributed by atoms with Crippen molar-refractivity contribution in [3.63, 3.8) is 0 Å². The molecule has 0 bridgehead atoms. The third kappa shape index (κ3) is 3.26. The second-order valence-corrected chi connectivity index (χ2v) is 3.92. The van der Waals surface area contributed by atoms with Crippen LogP contribution in [-0.4, -0.2) is 6.36 Å². The van der Waals surface area contributed by atoms with E-state index in [-0.39, 0.29) is 0 Å². The fraction of sp³-hybridized carbons (Fsp3) is 0.0769. The third-order valence-electron chi connectivity index (χ3n) is 2.48. The standard InChI is InChI=1S/C13H5F7O/c14-8-3-1-2-7(11(8)17)6-4-9(15)12(10(16)5-6)21-13(18,19)20/h1-5H. The van der Waals surface area contributed by atoms with Gasteiger partial charge in [-0.05, 0) is 23.8 Å². The largest absolute Gasteiger partial charge is 0.573 e. The minimum atomic E-state index is -5.28. The maximum absolute atomic E-state index is 13.5. The minimum Gasteiger partial charge on any atom is -0.399 e. The van der Waals surface area contributed by atoms with Crippen molar-refractivity contribution >= 4 is 0 Å². The zero-order chi connectivity index (χ0) is 15.8. The number of halogens is 7. The summed E-state index contributed by atoms with van der Waals surface area (Å²) in [6.07, 6.45) is -5.28. The van der Waals surface area contributed by atoms with E-state index in [0.717, 1.165) is 18.2 Å². The van der Waals surface area contributed by atoms with Crippen molar-refractivity contribution in [2.75, 3.05) is 0 Å². The van der Waals surface area contributed by atoms with Crippen LogP contribution in [0.1, 0.15) is 0 Å². The van der Waals surface area contributed by atoms with Crippen molar-refractivity contribution in [3.8, 4) is 16.9 Å². The molecule has 0 fully saturated rings. The molecule has 21 heavy (non-hydrogen) atoms. The predicted octanol–water partition coefficient (Wildman–Crippen LogP) is 4.81. The van der Waals surface area contributed by atoms with Gasteiger partial charge in [0.05, 0.1) is 0 Å². The first-order chi connectivity index (χ1) is 9.69. The molecule has 0 aromatic heterocycles. The Hall–Kier alpha value is -2.25. The van der Waals surface area contributed by atoms with E-state index in [1.54, 1.807) is 0 Å². The van der Waals surface area contributed by atoms with Crippen LogP contribution in [-0.2, 0) is 0 Å². The van der Waals surface area contributed by atoms with E-state index < -0.39 is 46.5 Å². The molecule has 0 aliphatic rings. The van der Waals surface area contributed by atoms with Gasteiger partial charge in [-0.3, -0.25) is 0 Å². The average molecular weight is 310 g/mol. The van der Waals surface area contributed by atoms with E-state index in [9.17, 15) is 30.7 Å². The Bertz CT molecular complexity index is 656. The second kappa shape index (κ2) is 5.27. The van der Waals surface area contributed by atoms with Gasteiger partial charge >= 0.3 is 6.36 Å². The van der Waals surface area contributed by atoms with Crippen LogP contribution in [0.5, 0.6) is 5.75 Å². The monoisotopic (exact) mass is 310 g/mol. The lowest BCUT2D eigenvalue weighted by Crippen LogP contribution is -2.19. The van der Waals surface area contributed by atoms with Crippen LogP contribution in [0.2, 0.25) is 0 Å². The van der Waals surface area contributed by atoms with Crippen LogP contribution in [0.4, 0.5) is 30.7 Å². The number of rotatable bonds is 2. The summed E-state index contributed by atoms with van der Waals surface area (Å²) in [5, 5.41) is 0.